The van der Waals surface area contributed by atoms with Crippen molar-refractivity contribution in [2.75, 3.05) is 37.7 Å². The van der Waals surface area contributed by atoms with Gasteiger partial charge in [0.05, 0.1) is 41.4 Å². The highest BCUT2D eigenvalue weighted by Crippen LogP contribution is 2.36. The average molecular weight is 572 g/mol. The molecule has 3 aliphatic rings. The summed E-state index contributed by atoms with van der Waals surface area (Å²) in [5.74, 6) is -1.85. The Kier molecular flexibility index (Phi) is 8.06. The number of fused-ring (bicyclic) bond motifs is 1. The molecule has 0 bridgehead atoms. The molecule has 0 radical (unpaired) electrons. The summed E-state index contributed by atoms with van der Waals surface area (Å²) in [7, 11) is 0. The van der Waals surface area contributed by atoms with Crippen LogP contribution < -0.4 is 4.90 Å². The third kappa shape index (κ3) is 5.80. The minimum absolute atomic E-state index is 0.0236. The van der Waals surface area contributed by atoms with Crippen molar-refractivity contribution in [3.8, 4) is 0 Å². The van der Waals surface area contributed by atoms with Crippen molar-refractivity contribution in [3.63, 3.8) is 0 Å². The number of hydrogen-bond donors (Lipinski definition) is 0. The molecule has 1 unspecified atom stereocenters. The number of imide groups is 1. The van der Waals surface area contributed by atoms with E-state index in [-0.39, 0.29) is 46.9 Å². The van der Waals surface area contributed by atoms with Crippen molar-refractivity contribution < 1.29 is 37.1 Å². The summed E-state index contributed by atoms with van der Waals surface area (Å²) in [5.41, 5.74) is 0.404. The fraction of sp³-hybridized carbons (Fsp3) is 0.467. The number of hydrogen-bond acceptors (Lipinski definition) is 6. The predicted octanol–water partition coefficient (Wildman–Crippen LogP) is 4.52. The third-order valence-corrected chi connectivity index (χ3v) is 8.11. The van der Waals surface area contributed by atoms with Crippen LogP contribution >= 0.6 is 0 Å². The van der Waals surface area contributed by atoms with Crippen LogP contribution in [0.25, 0.3) is 0 Å². The van der Waals surface area contributed by atoms with Gasteiger partial charge in [0.15, 0.2) is 0 Å². The highest BCUT2D eigenvalue weighted by Gasteiger charge is 2.40. The molecule has 5 rings (SSSR count). The molecule has 11 heteroatoms. The van der Waals surface area contributed by atoms with E-state index in [4.69, 9.17) is 4.74 Å². The Bertz CT molecular complexity index is 1350. The Labute approximate surface area is 236 Å². The minimum Gasteiger partial charge on any atom is -0.466 e. The molecule has 1 atom stereocenters. The van der Waals surface area contributed by atoms with Gasteiger partial charge < -0.3 is 14.5 Å². The number of likely N-dealkylation sites (tertiary alicyclic amines) is 1. The molecule has 0 aromatic heterocycles. The molecule has 2 fully saturated rings. The number of amides is 3. The van der Waals surface area contributed by atoms with Gasteiger partial charge in [-0.15, -0.1) is 0 Å². The molecule has 0 spiro atoms. The summed E-state index contributed by atoms with van der Waals surface area (Å²) in [4.78, 5) is 56.8. The van der Waals surface area contributed by atoms with E-state index >= 15 is 0 Å². The Morgan fingerprint density at radius 1 is 0.951 bits per heavy atom. The zero-order chi connectivity index (χ0) is 29.3. The highest BCUT2D eigenvalue weighted by molar-refractivity contribution is 6.23. The first-order valence-electron chi connectivity index (χ1n) is 13.9. The maximum atomic E-state index is 13.4. The SMILES string of the molecule is CCOC(=O)C1CCCN(C(=O)C2CCN(c3cccc4c3C(=O)N(Cc3cccc(C(F)(F)F)c3)C4=O)CC2)C1. The molecule has 0 aliphatic carbocycles. The van der Waals surface area contributed by atoms with Crippen LogP contribution in [-0.2, 0) is 27.0 Å². The monoisotopic (exact) mass is 571 g/mol. The number of piperidine rings is 2. The summed E-state index contributed by atoms with van der Waals surface area (Å²) in [6, 6.07) is 9.61. The van der Waals surface area contributed by atoms with E-state index in [1.54, 1.807) is 30.0 Å². The van der Waals surface area contributed by atoms with Crippen LogP contribution in [0.1, 0.15) is 64.4 Å². The van der Waals surface area contributed by atoms with Gasteiger partial charge in [-0.2, -0.15) is 13.2 Å². The number of anilines is 1. The quantitative estimate of drug-likeness (QED) is 0.375. The Hall–Kier alpha value is -3.89. The number of ether oxygens (including phenoxy) is 1. The molecule has 218 valence electrons. The zero-order valence-corrected chi connectivity index (χ0v) is 22.8. The fourth-order valence-electron chi connectivity index (χ4n) is 6.01. The van der Waals surface area contributed by atoms with Crippen LogP contribution in [0.15, 0.2) is 42.5 Å². The topological polar surface area (TPSA) is 87.2 Å². The number of nitrogens with zero attached hydrogens (tertiary/aromatic N) is 3. The Morgan fingerprint density at radius 2 is 1.68 bits per heavy atom. The lowest BCUT2D eigenvalue weighted by Gasteiger charge is -2.38. The van der Waals surface area contributed by atoms with E-state index in [0.717, 1.165) is 23.5 Å². The van der Waals surface area contributed by atoms with Crippen LogP contribution in [0.2, 0.25) is 0 Å². The van der Waals surface area contributed by atoms with E-state index in [9.17, 15) is 32.3 Å². The smallest absolute Gasteiger partial charge is 0.416 e. The number of carbonyl (C=O) groups is 4. The van der Waals surface area contributed by atoms with Gasteiger partial charge >= 0.3 is 12.1 Å². The first-order chi connectivity index (χ1) is 19.6. The van der Waals surface area contributed by atoms with E-state index in [1.165, 1.54) is 12.1 Å². The van der Waals surface area contributed by atoms with Gasteiger partial charge in [-0.25, -0.2) is 0 Å². The number of carbonyl (C=O) groups excluding carboxylic acids is 4. The second-order valence-corrected chi connectivity index (χ2v) is 10.7. The third-order valence-electron chi connectivity index (χ3n) is 8.11. The van der Waals surface area contributed by atoms with Gasteiger partial charge in [-0.3, -0.25) is 24.1 Å². The zero-order valence-electron chi connectivity index (χ0n) is 22.8. The van der Waals surface area contributed by atoms with Crippen LogP contribution in [0.5, 0.6) is 0 Å². The molecule has 8 nitrogen and oxygen atoms in total. The first kappa shape index (κ1) is 28.6. The second kappa shape index (κ2) is 11.5. The Morgan fingerprint density at radius 3 is 2.39 bits per heavy atom. The average Bonchev–Trinajstić information content (AvgIpc) is 3.21. The van der Waals surface area contributed by atoms with Gasteiger partial charge in [-0.05, 0) is 62.4 Å². The molecule has 3 heterocycles. The van der Waals surface area contributed by atoms with E-state index in [2.05, 4.69) is 0 Å². The molecule has 2 aromatic carbocycles. The number of rotatable bonds is 6. The molecule has 0 N–H and O–H groups in total. The van der Waals surface area contributed by atoms with E-state index in [0.29, 0.717) is 57.7 Å². The van der Waals surface area contributed by atoms with Crippen molar-refractivity contribution in [1.29, 1.82) is 0 Å². The molecular weight excluding hydrogens is 539 g/mol. The molecular formula is C30H32F3N3O5. The van der Waals surface area contributed by atoms with Crippen molar-refractivity contribution in [2.45, 2.75) is 45.3 Å². The van der Waals surface area contributed by atoms with Gasteiger partial charge in [0, 0.05) is 32.1 Å². The van der Waals surface area contributed by atoms with Crippen LogP contribution in [0.3, 0.4) is 0 Å². The molecule has 41 heavy (non-hydrogen) atoms. The Balaban J connectivity index is 1.25. The van der Waals surface area contributed by atoms with Gasteiger partial charge in [0.2, 0.25) is 5.91 Å². The standard InChI is InChI=1S/C30H32F3N3O5/c1-2-41-29(40)21-7-5-13-35(18-21)26(37)20-11-14-34(15-12-20)24-10-4-9-23-25(24)28(39)36(27(23)38)17-19-6-3-8-22(16-19)30(31,32)33/h3-4,6,8-10,16,20-21H,2,5,7,11-15,17-18H2,1H3. The van der Waals surface area contributed by atoms with Gasteiger partial charge in [-0.1, -0.05) is 18.2 Å². The van der Waals surface area contributed by atoms with Gasteiger partial charge in [0.1, 0.15) is 0 Å². The van der Waals surface area contributed by atoms with Crippen LogP contribution in [-0.4, -0.2) is 66.3 Å². The lowest BCUT2D eigenvalue weighted by atomic mass is 9.91. The number of halogens is 3. The maximum Gasteiger partial charge on any atom is 0.416 e. The molecule has 2 saturated heterocycles. The molecule has 2 aromatic rings. The van der Waals surface area contributed by atoms with Crippen molar-refractivity contribution in [3.05, 3.63) is 64.7 Å². The summed E-state index contributed by atoms with van der Waals surface area (Å²) in [6.45, 7) is 3.77. The lowest BCUT2D eigenvalue weighted by Crippen LogP contribution is -2.47. The summed E-state index contributed by atoms with van der Waals surface area (Å²) >= 11 is 0. The maximum absolute atomic E-state index is 13.4. The van der Waals surface area contributed by atoms with Crippen molar-refractivity contribution in [1.82, 2.24) is 9.80 Å². The van der Waals surface area contributed by atoms with Crippen molar-refractivity contribution >= 4 is 29.4 Å². The number of benzene rings is 2. The van der Waals surface area contributed by atoms with Gasteiger partial charge in [0.25, 0.3) is 11.8 Å². The number of alkyl halides is 3. The highest BCUT2D eigenvalue weighted by atomic mass is 19.4. The lowest BCUT2D eigenvalue weighted by molar-refractivity contribution is -0.152. The fourth-order valence-corrected chi connectivity index (χ4v) is 6.01. The second-order valence-electron chi connectivity index (χ2n) is 10.7. The first-order valence-corrected chi connectivity index (χ1v) is 13.9. The molecule has 3 aliphatic heterocycles. The summed E-state index contributed by atoms with van der Waals surface area (Å²) < 4.78 is 44.7. The summed E-state index contributed by atoms with van der Waals surface area (Å²) in [5, 5.41) is 0. The summed E-state index contributed by atoms with van der Waals surface area (Å²) in [6.07, 6.45) is -1.97. The normalized spacial score (nSPS) is 19.9. The number of esters is 1. The van der Waals surface area contributed by atoms with Crippen LogP contribution in [0, 0.1) is 11.8 Å². The molecule has 3 amide bonds. The molecule has 0 saturated carbocycles. The largest absolute Gasteiger partial charge is 0.466 e. The van der Waals surface area contributed by atoms with E-state index in [1.807, 2.05) is 4.90 Å². The van der Waals surface area contributed by atoms with Crippen molar-refractivity contribution in [2.24, 2.45) is 11.8 Å². The predicted molar refractivity (Wildman–Crippen MR) is 143 cm³/mol. The van der Waals surface area contributed by atoms with E-state index < -0.39 is 23.6 Å². The van der Waals surface area contributed by atoms with Crippen LogP contribution in [0.4, 0.5) is 18.9 Å². The minimum atomic E-state index is -4.53.